The van der Waals surface area contributed by atoms with Gasteiger partial charge in [0.1, 0.15) is 0 Å². The Hall–Kier alpha value is -0.123. The summed E-state index contributed by atoms with van der Waals surface area (Å²) in [6, 6.07) is 0.857. The van der Waals surface area contributed by atoms with Gasteiger partial charge in [-0.1, -0.05) is 11.6 Å². The highest BCUT2D eigenvalue weighted by Gasteiger charge is 2.46. The summed E-state index contributed by atoms with van der Waals surface area (Å²) in [7, 11) is -2.10. The molecular formula is C13H25O2Si. The van der Waals surface area contributed by atoms with Gasteiger partial charge in [0.05, 0.1) is 11.7 Å². The molecule has 1 aliphatic heterocycles. The van der Waals surface area contributed by atoms with Crippen molar-refractivity contribution >= 4 is 8.32 Å². The fourth-order valence-electron chi connectivity index (χ4n) is 1.87. The molecule has 3 heteroatoms. The van der Waals surface area contributed by atoms with E-state index < -0.39 is 8.32 Å². The van der Waals surface area contributed by atoms with E-state index in [0.29, 0.717) is 6.10 Å². The monoisotopic (exact) mass is 241 g/mol. The number of epoxide rings is 1. The first-order chi connectivity index (χ1) is 7.21. The summed E-state index contributed by atoms with van der Waals surface area (Å²) in [5.74, 6) is 0. The maximum atomic E-state index is 11.5. The number of rotatable bonds is 6. The van der Waals surface area contributed by atoms with Crippen LogP contribution in [-0.2, 0) is 9.53 Å². The van der Waals surface area contributed by atoms with Crippen LogP contribution < -0.4 is 0 Å². The summed E-state index contributed by atoms with van der Waals surface area (Å²) in [6.45, 7) is 10.2. The summed E-state index contributed by atoms with van der Waals surface area (Å²) < 4.78 is 5.54. The molecule has 0 saturated carbocycles. The molecule has 1 heterocycles. The van der Waals surface area contributed by atoms with Crippen LogP contribution in [0.1, 0.15) is 40.0 Å². The van der Waals surface area contributed by atoms with Crippen LogP contribution in [0.5, 0.6) is 0 Å². The molecular weight excluding hydrogens is 216 g/mol. The van der Waals surface area contributed by atoms with Gasteiger partial charge in [-0.25, -0.2) is 0 Å². The van der Waals surface area contributed by atoms with Gasteiger partial charge in [0, 0.05) is 0 Å². The van der Waals surface area contributed by atoms with Gasteiger partial charge in [0.15, 0.2) is 0 Å². The molecule has 0 aromatic rings. The van der Waals surface area contributed by atoms with Crippen LogP contribution in [0, 0.1) is 0 Å². The van der Waals surface area contributed by atoms with E-state index in [0.717, 1.165) is 25.3 Å². The summed E-state index contributed by atoms with van der Waals surface area (Å²) in [4.78, 5) is 11.5. The summed E-state index contributed by atoms with van der Waals surface area (Å²) in [5, 5.41) is 0. The third-order valence-corrected chi connectivity index (χ3v) is 4.70. The highest BCUT2D eigenvalue weighted by Crippen LogP contribution is 2.38. The summed E-state index contributed by atoms with van der Waals surface area (Å²) in [5.41, 5.74) is 1.52. The van der Waals surface area contributed by atoms with Gasteiger partial charge in [-0.05, 0) is 59.2 Å². The molecule has 16 heavy (non-hydrogen) atoms. The average Bonchev–Trinajstić information content (AvgIpc) is 2.68. The third kappa shape index (κ3) is 5.28. The van der Waals surface area contributed by atoms with E-state index >= 15 is 0 Å². The van der Waals surface area contributed by atoms with Gasteiger partial charge < -0.3 is 4.74 Å². The maximum absolute atomic E-state index is 11.5. The third-order valence-electron chi connectivity index (χ3n) is 3.20. The zero-order chi connectivity index (χ0) is 12.4. The minimum absolute atomic E-state index is 0.115. The number of allylic oxidation sites excluding steroid dienone is 2. The quantitative estimate of drug-likeness (QED) is 0.394. The lowest BCUT2D eigenvalue weighted by atomic mass is 10.0. The molecule has 0 N–H and O–H groups in total. The first kappa shape index (κ1) is 13.9. The maximum Gasteiger partial charge on any atom is 0.231 e. The average molecular weight is 241 g/mol. The molecule has 2 nitrogen and oxygen atoms in total. The van der Waals surface area contributed by atoms with E-state index in [1.807, 2.05) is 13.1 Å². The van der Waals surface area contributed by atoms with Gasteiger partial charge in [0.2, 0.25) is 8.32 Å². The van der Waals surface area contributed by atoms with Crippen molar-refractivity contribution in [1.29, 1.82) is 0 Å². The van der Waals surface area contributed by atoms with Crippen molar-refractivity contribution in [3.63, 3.8) is 0 Å². The number of ether oxygens (including phenoxy) is 1. The summed E-state index contributed by atoms with van der Waals surface area (Å²) in [6.07, 6.45) is 5.87. The predicted molar refractivity (Wildman–Crippen MR) is 69.5 cm³/mol. The molecule has 1 rings (SSSR count). The van der Waals surface area contributed by atoms with E-state index in [-0.39, 0.29) is 5.60 Å². The molecule has 1 atom stereocenters. The molecule has 1 aliphatic rings. The van der Waals surface area contributed by atoms with Gasteiger partial charge in [-0.2, -0.15) is 0 Å². The van der Waals surface area contributed by atoms with Crippen molar-refractivity contribution in [2.45, 2.75) is 70.9 Å². The molecule has 1 fully saturated rings. The Kier molecular flexibility index (Phi) is 4.38. The van der Waals surface area contributed by atoms with Gasteiger partial charge >= 0.3 is 0 Å². The molecule has 93 valence electrons. The van der Waals surface area contributed by atoms with E-state index in [4.69, 9.17) is 4.74 Å². The second-order valence-electron chi connectivity index (χ2n) is 6.10. The second kappa shape index (κ2) is 5.03. The van der Waals surface area contributed by atoms with Crippen LogP contribution in [0.15, 0.2) is 11.6 Å². The van der Waals surface area contributed by atoms with Crippen molar-refractivity contribution in [2.75, 3.05) is 0 Å². The van der Waals surface area contributed by atoms with Crippen LogP contribution >= 0.6 is 0 Å². The molecule has 1 radical (unpaired) electrons. The van der Waals surface area contributed by atoms with Crippen LogP contribution in [0.4, 0.5) is 0 Å². The summed E-state index contributed by atoms with van der Waals surface area (Å²) >= 11 is 0. The van der Waals surface area contributed by atoms with Gasteiger partial charge in [-0.15, -0.1) is 0 Å². The van der Waals surface area contributed by atoms with E-state index in [1.54, 1.807) is 0 Å². The van der Waals surface area contributed by atoms with E-state index in [2.05, 4.69) is 26.8 Å². The van der Waals surface area contributed by atoms with Crippen molar-refractivity contribution in [1.82, 2.24) is 0 Å². The largest absolute Gasteiger partial charge is 0.367 e. The minimum Gasteiger partial charge on any atom is -0.367 e. The topological polar surface area (TPSA) is 32.4 Å². The Bertz CT molecular complexity index is 264. The first-order valence-electron chi connectivity index (χ1n) is 6.24. The Morgan fingerprint density at radius 3 is 2.44 bits per heavy atom. The molecule has 0 bridgehead atoms. The lowest BCUT2D eigenvalue weighted by molar-refractivity contribution is 0.320. The molecule has 1 saturated heterocycles. The van der Waals surface area contributed by atoms with Crippen LogP contribution in [-0.4, -0.2) is 20.0 Å². The van der Waals surface area contributed by atoms with E-state index in [1.165, 1.54) is 5.57 Å². The predicted octanol–water partition coefficient (Wildman–Crippen LogP) is 3.92. The second-order valence-corrected chi connectivity index (χ2v) is 10.1. The van der Waals surface area contributed by atoms with Crippen molar-refractivity contribution < 1.29 is 9.53 Å². The highest BCUT2D eigenvalue weighted by atomic mass is 28.4. The van der Waals surface area contributed by atoms with Gasteiger partial charge in [-0.3, -0.25) is 4.80 Å². The van der Waals surface area contributed by atoms with Gasteiger partial charge in [0.25, 0.3) is 0 Å². The first-order valence-corrected chi connectivity index (χ1v) is 9.36. The minimum atomic E-state index is -2.10. The molecule has 0 aromatic heterocycles. The normalized spacial score (nSPS) is 24.6. The fraction of sp³-hybridized carbons (Fsp3) is 0.846. The zero-order valence-corrected chi connectivity index (χ0v) is 12.3. The number of hydrogen-bond acceptors (Lipinski definition) is 1. The standard InChI is InChI=1S/C13H25O2Si/c1-11(7-6-10-16(4,5)14)8-9-12-13(2,3)15-12/h7,12H,6,8-10H2,1-5H3/b11-7+. The van der Waals surface area contributed by atoms with Crippen molar-refractivity contribution in [3.8, 4) is 0 Å². The van der Waals surface area contributed by atoms with Crippen molar-refractivity contribution in [2.24, 2.45) is 0 Å². The highest BCUT2D eigenvalue weighted by molar-refractivity contribution is 6.69. The lowest BCUT2D eigenvalue weighted by Gasteiger charge is -2.08. The Balaban J connectivity index is 2.15. The Labute approximate surface area is 101 Å². The van der Waals surface area contributed by atoms with E-state index in [9.17, 15) is 4.80 Å². The van der Waals surface area contributed by atoms with Crippen LogP contribution in [0.2, 0.25) is 19.1 Å². The fourth-order valence-corrected chi connectivity index (χ4v) is 2.71. The smallest absolute Gasteiger partial charge is 0.231 e. The SMILES string of the molecule is C/C(=C\CC[Si](C)(C)[O])CCC1OC1(C)C. The number of hydrogen-bond donors (Lipinski definition) is 0. The van der Waals surface area contributed by atoms with Crippen LogP contribution in [0.25, 0.3) is 0 Å². The molecule has 1 unspecified atom stereocenters. The lowest BCUT2D eigenvalue weighted by Crippen LogP contribution is -2.21. The molecule has 0 spiro atoms. The van der Waals surface area contributed by atoms with Crippen LogP contribution in [0.3, 0.4) is 0 Å². The molecule has 0 amide bonds. The zero-order valence-electron chi connectivity index (χ0n) is 11.3. The van der Waals surface area contributed by atoms with Crippen molar-refractivity contribution in [3.05, 3.63) is 11.6 Å². The molecule has 0 aliphatic carbocycles. The Morgan fingerprint density at radius 2 is 2.00 bits per heavy atom. The molecule has 0 aromatic carbocycles. The Morgan fingerprint density at radius 1 is 1.44 bits per heavy atom.